The molecule has 1 aliphatic rings. The molecule has 0 spiro atoms. The molecule has 10 nitrogen and oxygen atoms in total. The fourth-order valence-corrected chi connectivity index (χ4v) is 2.89. The van der Waals surface area contributed by atoms with Crippen molar-refractivity contribution in [1.82, 2.24) is 19.8 Å². The summed E-state index contributed by atoms with van der Waals surface area (Å²) in [6.45, 7) is 0.0400. The van der Waals surface area contributed by atoms with Gasteiger partial charge in [-0.05, 0) is 24.0 Å². The van der Waals surface area contributed by atoms with Gasteiger partial charge in [-0.25, -0.2) is 14.5 Å². The van der Waals surface area contributed by atoms with E-state index in [-0.39, 0.29) is 19.4 Å². The second kappa shape index (κ2) is 9.45. The average molecular weight is 397 g/mol. The normalized spacial score (nSPS) is 14.5. The summed E-state index contributed by atoms with van der Waals surface area (Å²) < 4.78 is 6.47. The maximum absolute atomic E-state index is 11.6. The van der Waals surface area contributed by atoms with Crippen molar-refractivity contribution in [2.75, 3.05) is 6.61 Å². The van der Waals surface area contributed by atoms with Crippen LogP contribution in [0, 0.1) is 11.3 Å². The second-order valence-electron chi connectivity index (χ2n) is 6.40. The molecule has 1 atom stereocenters. The molecular formula is C19H19N5O5. The van der Waals surface area contributed by atoms with E-state index in [2.05, 4.69) is 21.0 Å². The van der Waals surface area contributed by atoms with Crippen molar-refractivity contribution in [1.29, 1.82) is 5.26 Å². The Balaban J connectivity index is 1.45. The van der Waals surface area contributed by atoms with Gasteiger partial charge in [-0.1, -0.05) is 29.3 Å². The van der Waals surface area contributed by atoms with Crippen LogP contribution in [0.25, 0.3) is 0 Å². The number of ether oxygens (including phenoxy) is 1. The zero-order valence-electron chi connectivity index (χ0n) is 15.6. The van der Waals surface area contributed by atoms with Crippen LogP contribution < -0.4 is 0 Å². The van der Waals surface area contributed by atoms with E-state index in [0.29, 0.717) is 24.3 Å². The van der Waals surface area contributed by atoms with E-state index in [0.717, 1.165) is 11.1 Å². The van der Waals surface area contributed by atoms with Gasteiger partial charge in [0.05, 0.1) is 12.7 Å². The zero-order valence-corrected chi connectivity index (χ0v) is 15.6. The number of carbonyl (C=O) groups excluding carboxylic acids is 3. The van der Waals surface area contributed by atoms with E-state index in [9.17, 15) is 19.6 Å². The van der Waals surface area contributed by atoms with Gasteiger partial charge in [0.2, 0.25) is 0 Å². The molecule has 1 fully saturated rings. The minimum atomic E-state index is -1.09. The fourth-order valence-electron chi connectivity index (χ4n) is 2.89. The lowest BCUT2D eigenvalue weighted by atomic mass is 10.0. The quantitative estimate of drug-likeness (QED) is 0.487. The molecule has 29 heavy (non-hydrogen) atoms. The first-order valence-electron chi connectivity index (χ1n) is 9.09. The van der Waals surface area contributed by atoms with Crippen LogP contribution >= 0.6 is 0 Å². The number of imide groups is 1. The number of hydrogen-bond donors (Lipinski definition) is 0. The number of benzene rings is 1. The van der Waals surface area contributed by atoms with Crippen LogP contribution in [0.3, 0.4) is 0 Å². The van der Waals surface area contributed by atoms with Crippen LogP contribution in [0.1, 0.15) is 36.4 Å². The highest BCUT2D eigenvalue weighted by molar-refractivity contribution is 6.01. The number of aromatic nitrogens is 3. The van der Waals surface area contributed by atoms with E-state index in [1.165, 1.54) is 17.3 Å². The van der Waals surface area contributed by atoms with Gasteiger partial charge in [-0.2, -0.15) is 10.4 Å². The molecule has 1 aromatic heterocycles. The van der Waals surface area contributed by atoms with Gasteiger partial charge >= 0.3 is 6.16 Å². The van der Waals surface area contributed by atoms with Crippen molar-refractivity contribution in [2.45, 2.75) is 38.1 Å². The molecule has 3 rings (SSSR count). The standard InChI is InChI=1S/C19H19N5O5/c20-11-16(23-13-21-12-22-23)5-4-14-2-1-3-15(10-14)8-9-28-19(27)29-24-17(25)6-7-18(24)26/h1-3,10,12-13,16H,4-9H2. The van der Waals surface area contributed by atoms with Crippen molar-refractivity contribution in [3.63, 3.8) is 0 Å². The molecule has 2 amide bonds. The van der Waals surface area contributed by atoms with E-state index >= 15 is 0 Å². The summed E-state index contributed by atoms with van der Waals surface area (Å²) in [5.41, 5.74) is 1.98. The third kappa shape index (κ3) is 5.38. The number of amides is 2. The molecule has 0 radical (unpaired) electrons. The molecule has 0 N–H and O–H groups in total. The molecule has 1 aliphatic heterocycles. The lowest BCUT2D eigenvalue weighted by Crippen LogP contribution is -2.32. The second-order valence-corrected chi connectivity index (χ2v) is 6.40. The Bertz CT molecular complexity index is 905. The Morgan fingerprint density at radius 1 is 1.21 bits per heavy atom. The highest BCUT2D eigenvalue weighted by Crippen LogP contribution is 2.15. The highest BCUT2D eigenvalue weighted by atomic mass is 16.8. The molecule has 1 saturated heterocycles. The Morgan fingerprint density at radius 2 is 1.93 bits per heavy atom. The summed E-state index contributed by atoms with van der Waals surface area (Å²) in [4.78, 5) is 42.9. The Labute approximate surface area is 166 Å². The Hall–Kier alpha value is -3.74. The Morgan fingerprint density at radius 3 is 2.59 bits per heavy atom. The minimum absolute atomic E-state index is 0.0302. The van der Waals surface area contributed by atoms with E-state index < -0.39 is 24.0 Å². The fraction of sp³-hybridized carbons (Fsp3) is 0.368. The van der Waals surface area contributed by atoms with E-state index in [4.69, 9.17) is 4.74 Å². The molecule has 10 heteroatoms. The monoisotopic (exact) mass is 397 g/mol. The van der Waals surface area contributed by atoms with Gasteiger partial charge in [0.1, 0.15) is 18.7 Å². The summed E-state index contributed by atoms with van der Waals surface area (Å²) in [5, 5.41) is 13.7. The predicted molar refractivity (Wildman–Crippen MR) is 96.7 cm³/mol. The van der Waals surface area contributed by atoms with Crippen LogP contribution in [-0.4, -0.2) is 44.4 Å². The first-order valence-corrected chi connectivity index (χ1v) is 9.09. The van der Waals surface area contributed by atoms with Crippen molar-refractivity contribution in [3.05, 3.63) is 48.0 Å². The van der Waals surface area contributed by atoms with Crippen LogP contribution in [0.4, 0.5) is 4.79 Å². The smallest absolute Gasteiger partial charge is 0.432 e. The topological polar surface area (TPSA) is 127 Å². The van der Waals surface area contributed by atoms with Crippen LogP contribution in [0.2, 0.25) is 0 Å². The first-order chi connectivity index (χ1) is 14.1. The largest absolute Gasteiger partial charge is 0.533 e. The third-order valence-corrected chi connectivity index (χ3v) is 4.39. The molecule has 0 saturated carbocycles. The first kappa shape index (κ1) is 20.0. The SMILES string of the molecule is N#CC(CCc1cccc(CCOC(=O)ON2C(=O)CCC2=O)c1)n1cncn1. The zero-order chi connectivity index (χ0) is 20.6. The van der Waals surface area contributed by atoms with Gasteiger partial charge in [-0.15, -0.1) is 0 Å². The lowest BCUT2D eigenvalue weighted by molar-refractivity contribution is -0.177. The molecule has 0 bridgehead atoms. The van der Waals surface area contributed by atoms with Gasteiger partial charge in [0.25, 0.3) is 11.8 Å². The van der Waals surface area contributed by atoms with Crippen molar-refractivity contribution < 1.29 is 24.0 Å². The van der Waals surface area contributed by atoms with Crippen LogP contribution in [0.15, 0.2) is 36.9 Å². The Kier molecular flexibility index (Phi) is 6.52. The maximum atomic E-state index is 11.6. The number of rotatable bonds is 8. The highest BCUT2D eigenvalue weighted by Gasteiger charge is 2.33. The average Bonchev–Trinajstić information content (AvgIpc) is 3.35. The minimum Gasteiger partial charge on any atom is -0.432 e. The molecule has 2 heterocycles. The number of hydrogen-bond acceptors (Lipinski definition) is 8. The van der Waals surface area contributed by atoms with E-state index in [1.54, 1.807) is 0 Å². The maximum Gasteiger partial charge on any atom is 0.533 e. The number of nitriles is 1. The van der Waals surface area contributed by atoms with Crippen molar-refractivity contribution >= 4 is 18.0 Å². The summed E-state index contributed by atoms with van der Waals surface area (Å²) >= 11 is 0. The number of aryl methyl sites for hydroxylation is 1. The molecule has 150 valence electrons. The molecule has 0 aliphatic carbocycles. The number of nitrogens with zero attached hydrogens (tertiary/aromatic N) is 5. The summed E-state index contributed by atoms with van der Waals surface area (Å²) in [7, 11) is 0. The van der Waals surface area contributed by atoms with Gasteiger partial charge < -0.3 is 4.74 Å². The van der Waals surface area contributed by atoms with E-state index in [1.807, 2.05) is 24.3 Å². The van der Waals surface area contributed by atoms with Gasteiger partial charge in [0, 0.05) is 19.3 Å². The third-order valence-electron chi connectivity index (χ3n) is 4.39. The summed E-state index contributed by atoms with van der Waals surface area (Å²) in [5.74, 6) is -1.11. The van der Waals surface area contributed by atoms with Crippen LogP contribution in [0.5, 0.6) is 0 Å². The summed E-state index contributed by atoms with van der Waals surface area (Å²) in [6, 6.07) is 9.53. The lowest BCUT2D eigenvalue weighted by Gasteiger charge is -2.12. The molecule has 1 aromatic carbocycles. The van der Waals surface area contributed by atoms with Gasteiger partial charge in [-0.3, -0.25) is 14.4 Å². The molecule has 2 aromatic rings. The van der Waals surface area contributed by atoms with Crippen molar-refractivity contribution in [3.8, 4) is 6.07 Å². The van der Waals surface area contributed by atoms with Gasteiger partial charge in [0.15, 0.2) is 0 Å². The molecular weight excluding hydrogens is 378 g/mol. The number of hydroxylamine groups is 2. The molecule has 1 unspecified atom stereocenters. The van der Waals surface area contributed by atoms with Crippen molar-refractivity contribution in [2.24, 2.45) is 0 Å². The number of carbonyl (C=O) groups is 3. The predicted octanol–water partition coefficient (Wildman–Crippen LogP) is 1.74. The summed E-state index contributed by atoms with van der Waals surface area (Å²) in [6.07, 6.45) is 3.59. The van der Waals surface area contributed by atoms with Crippen LogP contribution in [-0.2, 0) is 32.0 Å².